The number of ether oxygens (including phenoxy) is 1. The fourth-order valence-electron chi connectivity index (χ4n) is 4.09. The summed E-state index contributed by atoms with van der Waals surface area (Å²) >= 11 is 6.06. The first-order valence-electron chi connectivity index (χ1n) is 11.9. The number of pyridine rings is 1. The molecule has 0 spiro atoms. The number of anilines is 1. The first-order chi connectivity index (χ1) is 18.9. The second-order valence-corrected chi connectivity index (χ2v) is 11.0. The van der Waals surface area contributed by atoms with Gasteiger partial charge in [0.05, 0.1) is 4.90 Å². The number of nitrogens with one attached hydrogen (secondary N) is 2. The molecule has 0 aliphatic heterocycles. The van der Waals surface area contributed by atoms with E-state index in [0.717, 1.165) is 6.92 Å². The van der Waals surface area contributed by atoms with Crippen molar-refractivity contribution >= 4 is 55.9 Å². The smallest absolute Gasteiger partial charge is 0.356 e. The maximum absolute atomic E-state index is 13.4. The first kappa shape index (κ1) is 28.5. The lowest BCUT2D eigenvalue weighted by Gasteiger charge is -2.19. The van der Waals surface area contributed by atoms with Gasteiger partial charge in [-0.3, -0.25) is 14.4 Å². The van der Waals surface area contributed by atoms with Crippen LogP contribution in [0.3, 0.4) is 0 Å². The fraction of sp³-hybridized carbons (Fsp3) is 0.143. The standard InChI is InChI=1S/C28H24ClN3O7S/c1-16(26(34)30-20-12-14-21(15-13-20)40(37,38)31-17(2)33)39-28(36)25-24(18-8-10-19(29)11-9-18)22-6-4-5-7-23(22)27(35)32(25)3/h4-16H,1-3H3,(H,30,34)(H,31,33). The van der Waals surface area contributed by atoms with E-state index in [1.54, 1.807) is 48.5 Å². The highest BCUT2D eigenvalue weighted by molar-refractivity contribution is 7.90. The van der Waals surface area contributed by atoms with Crippen molar-refractivity contribution in [2.24, 2.45) is 7.05 Å². The summed E-state index contributed by atoms with van der Waals surface area (Å²) < 4.78 is 32.7. The van der Waals surface area contributed by atoms with Crippen LogP contribution in [-0.2, 0) is 31.4 Å². The number of halogens is 1. The molecule has 3 aromatic carbocycles. The Morgan fingerprint density at radius 2 is 1.52 bits per heavy atom. The Morgan fingerprint density at radius 1 is 0.925 bits per heavy atom. The molecule has 40 heavy (non-hydrogen) atoms. The average molecular weight is 582 g/mol. The second-order valence-electron chi connectivity index (χ2n) is 8.86. The van der Waals surface area contributed by atoms with Crippen molar-refractivity contribution in [3.63, 3.8) is 0 Å². The van der Waals surface area contributed by atoms with Gasteiger partial charge in [0.15, 0.2) is 6.10 Å². The van der Waals surface area contributed by atoms with Gasteiger partial charge >= 0.3 is 5.97 Å². The Bertz CT molecular complexity index is 1800. The van der Waals surface area contributed by atoms with E-state index in [2.05, 4.69) is 5.32 Å². The van der Waals surface area contributed by atoms with E-state index in [-0.39, 0.29) is 16.3 Å². The Morgan fingerprint density at radius 3 is 2.12 bits per heavy atom. The molecule has 0 bridgehead atoms. The van der Waals surface area contributed by atoms with Crippen molar-refractivity contribution in [2.75, 3.05) is 5.32 Å². The molecule has 0 aliphatic carbocycles. The zero-order valence-electron chi connectivity index (χ0n) is 21.6. The van der Waals surface area contributed by atoms with Crippen molar-refractivity contribution < 1.29 is 27.5 Å². The number of fused-ring (bicyclic) bond motifs is 1. The Hall–Kier alpha value is -4.48. The van der Waals surface area contributed by atoms with E-state index in [1.807, 2.05) is 4.72 Å². The van der Waals surface area contributed by atoms with Crippen molar-refractivity contribution in [1.29, 1.82) is 0 Å². The van der Waals surface area contributed by atoms with Crippen LogP contribution in [0.4, 0.5) is 5.69 Å². The first-order valence-corrected chi connectivity index (χ1v) is 13.8. The molecule has 1 aromatic heterocycles. The molecule has 0 radical (unpaired) electrons. The SMILES string of the molecule is CC(=O)NS(=O)(=O)c1ccc(NC(=O)C(C)OC(=O)c2c(-c3ccc(Cl)cc3)c3ccccc3c(=O)n2C)cc1. The van der Waals surface area contributed by atoms with Gasteiger partial charge in [0, 0.05) is 35.6 Å². The summed E-state index contributed by atoms with van der Waals surface area (Å²) in [5.74, 6) is -2.32. The van der Waals surface area contributed by atoms with Gasteiger partial charge in [-0.2, -0.15) is 0 Å². The van der Waals surface area contributed by atoms with Gasteiger partial charge in [0.1, 0.15) is 5.69 Å². The van der Waals surface area contributed by atoms with E-state index in [0.29, 0.717) is 26.9 Å². The summed E-state index contributed by atoms with van der Waals surface area (Å²) in [4.78, 5) is 50.3. The second kappa shape index (κ2) is 11.3. The number of rotatable bonds is 7. The average Bonchev–Trinajstić information content (AvgIpc) is 2.90. The monoisotopic (exact) mass is 581 g/mol. The van der Waals surface area contributed by atoms with Crippen LogP contribution in [0.25, 0.3) is 21.9 Å². The number of esters is 1. The number of hydrogen-bond acceptors (Lipinski definition) is 7. The molecule has 2 amide bonds. The Balaban J connectivity index is 1.61. The summed E-state index contributed by atoms with van der Waals surface area (Å²) in [5, 5.41) is 3.98. The number of carbonyl (C=O) groups is 3. The van der Waals surface area contributed by atoms with Gasteiger partial charge in [-0.1, -0.05) is 41.9 Å². The predicted molar refractivity (Wildman–Crippen MR) is 151 cm³/mol. The zero-order chi connectivity index (χ0) is 29.2. The zero-order valence-corrected chi connectivity index (χ0v) is 23.2. The predicted octanol–water partition coefficient (Wildman–Crippen LogP) is 3.87. The van der Waals surface area contributed by atoms with Crippen LogP contribution in [0.5, 0.6) is 0 Å². The van der Waals surface area contributed by atoms with Crippen LogP contribution in [0, 0.1) is 0 Å². The maximum atomic E-state index is 13.4. The highest BCUT2D eigenvalue weighted by Gasteiger charge is 2.26. The molecular weight excluding hydrogens is 558 g/mol. The van der Waals surface area contributed by atoms with E-state index < -0.39 is 39.5 Å². The van der Waals surface area contributed by atoms with E-state index in [4.69, 9.17) is 16.3 Å². The molecule has 206 valence electrons. The summed E-state index contributed by atoms with van der Waals surface area (Å²) in [6.45, 7) is 2.44. The highest BCUT2D eigenvalue weighted by atomic mass is 35.5. The summed E-state index contributed by atoms with van der Waals surface area (Å²) in [7, 11) is -2.59. The van der Waals surface area contributed by atoms with Gasteiger partial charge in [-0.25, -0.2) is 17.9 Å². The van der Waals surface area contributed by atoms with Crippen LogP contribution in [-0.4, -0.2) is 36.9 Å². The third kappa shape index (κ3) is 5.90. The fourth-order valence-corrected chi connectivity index (χ4v) is 5.21. The minimum atomic E-state index is -4.04. The van der Waals surface area contributed by atoms with Crippen LogP contribution in [0.15, 0.2) is 82.5 Å². The summed E-state index contributed by atoms with van der Waals surface area (Å²) in [6, 6.07) is 18.7. The van der Waals surface area contributed by atoms with Crippen molar-refractivity contribution in [3.05, 3.63) is 93.9 Å². The molecular formula is C28H24ClN3O7S. The summed E-state index contributed by atoms with van der Waals surface area (Å²) in [5.41, 5.74) is 0.844. The minimum absolute atomic E-state index is 0.0433. The van der Waals surface area contributed by atoms with Crippen LogP contribution in [0.1, 0.15) is 24.3 Å². The lowest BCUT2D eigenvalue weighted by atomic mass is 9.96. The largest absolute Gasteiger partial charge is 0.448 e. The Kier molecular flexibility index (Phi) is 8.08. The van der Waals surface area contributed by atoms with E-state index >= 15 is 0 Å². The van der Waals surface area contributed by atoms with Gasteiger partial charge in [-0.15, -0.1) is 0 Å². The number of carbonyl (C=O) groups excluding carboxylic acids is 3. The number of benzene rings is 3. The van der Waals surface area contributed by atoms with E-state index in [9.17, 15) is 27.6 Å². The van der Waals surface area contributed by atoms with E-state index in [1.165, 1.54) is 42.8 Å². The quantitative estimate of drug-likeness (QED) is 0.316. The van der Waals surface area contributed by atoms with Crippen molar-refractivity contribution in [3.8, 4) is 11.1 Å². The van der Waals surface area contributed by atoms with Gasteiger partial charge in [-0.05, 0) is 60.3 Å². The van der Waals surface area contributed by atoms with Crippen LogP contribution >= 0.6 is 11.6 Å². The molecule has 1 atom stereocenters. The molecule has 10 nitrogen and oxygen atoms in total. The number of hydrogen-bond donors (Lipinski definition) is 2. The molecule has 0 saturated heterocycles. The molecule has 12 heteroatoms. The third-order valence-corrected chi connectivity index (χ3v) is 7.69. The molecule has 1 heterocycles. The molecule has 4 aromatic rings. The molecule has 0 saturated carbocycles. The number of sulfonamides is 1. The molecule has 0 fully saturated rings. The van der Waals surface area contributed by atoms with Gasteiger partial charge in [0.25, 0.3) is 21.5 Å². The normalized spacial score (nSPS) is 12.0. The van der Waals surface area contributed by atoms with Crippen LogP contribution < -0.4 is 15.6 Å². The number of nitrogens with zero attached hydrogens (tertiary/aromatic N) is 1. The minimum Gasteiger partial charge on any atom is -0.448 e. The van der Waals surface area contributed by atoms with Crippen LogP contribution in [0.2, 0.25) is 5.02 Å². The van der Waals surface area contributed by atoms with Crippen molar-refractivity contribution in [2.45, 2.75) is 24.8 Å². The third-order valence-electron chi connectivity index (χ3n) is 5.99. The number of amides is 2. The summed E-state index contributed by atoms with van der Waals surface area (Å²) in [6.07, 6.45) is -1.28. The molecule has 2 N–H and O–H groups in total. The Labute approximate surface area is 234 Å². The molecule has 1 unspecified atom stereocenters. The molecule has 4 rings (SSSR count). The number of aromatic nitrogens is 1. The van der Waals surface area contributed by atoms with Gasteiger partial charge < -0.3 is 14.6 Å². The lowest BCUT2D eigenvalue weighted by molar-refractivity contribution is -0.123. The molecule has 0 aliphatic rings. The lowest BCUT2D eigenvalue weighted by Crippen LogP contribution is -2.33. The topological polar surface area (TPSA) is 141 Å². The van der Waals surface area contributed by atoms with Gasteiger partial charge in [0.2, 0.25) is 5.91 Å². The maximum Gasteiger partial charge on any atom is 0.356 e. The highest BCUT2D eigenvalue weighted by Crippen LogP contribution is 2.32. The van der Waals surface area contributed by atoms with Crippen molar-refractivity contribution in [1.82, 2.24) is 9.29 Å².